The molecule has 1 saturated carbocycles. The SMILES string of the molecule is NS(=O)(=O)C1CCCN(S(=O)(=O)C2CC2)C1. The molecule has 94 valence electrons. The van der Waals surface area contributed by atoms with Crippen molar-refractivity contribution in [1.82, 2.24) is 4.31 Å². The summed E-state index contributed by atoms with van der Waals surface area (Å²) in [6, 6.07) is 0. The van der Waals surface area contributed by atoms with E-state index in [0.29, 0.717) is 32.2 Å². The summed E-state index contributed by atoms with van der Waals surface area (Å²) in [7, 11) is -6.90. The van der Waals surface area contributed by atoms with Gasteiger partial charge in [-0.3, -0.25) is 0 Å². The van der Waals surface area contributed by atoms with Gasteiger partial charge in [-0.1, -0.05) is 0 Å². The summed E-state index contributed by atoms with van der Waals surface area (Å²) < 4.78 is 47.5. The molecule has 0 radical (unpaired) electrons. The monoisotopic (exact) mass is 268 g/mol. The molecule has 1 saturated heterocycles. The molecule has 16 heavy (non-hydrogen) atoms. The Morgan fingerprint density at radius 3 is 2.12 bits per heavy atom. The van der Waals surface area contributed by atoms with E-state index >= 15 is 0 Å². The van der Waals surface area contributed by atoms with Crippen LogP contribution in [0.15, 0.2) is 0 Å². The number of hydrogen-bond donors (Lipinski definition) is 1. The van der Waals surface area contributed by atoms with E-state index < -0.39 is 25.3 Å². The van der Waals surface area contributed by atoms with Gasteiger partial charge in [-0.25, -0.2) is 26.3 Å². The zero-order valence-electron chi connectivity index (χ0n) is 8.87. The topological polar surface area (TPSA) is 97.5 Å². The molecule has 0 bridgehead atoms. The van der Waals surface area contributed by atoms with Gasteiger partial charge in [-0.15, -0.1) is 0 Å². The van der Waals surface area contributed by atoms with Gasteiger partial charge in [0.05, 0.1) is 10.5 Å². The molecule has 2 fully saturated rings. The Bertz CT molecular complexity index is 466. The minimum atomic E-state index is -3.63. The van der Waals surface area contributed by atoms with Crippen molar-refractivity contribution in [3.63, 3.8) is 0 Å². The fourth-order valence-electron chi connectivity index (χ4n) is 1.98. The van der Waals surface area contributed by atoms with E-state index in [4.69, 9.17) is 5.14 Å². The lowest BCUT2D eigenvalue weighted by Gasteiger charge is -2.30. The van der Waals surface area contributed by atoms with Crippen LogP contribution >= 0.6 is 0 Å². The molecular formula is C8H16N2O4S2. The van der Waals surface area contributed by atoms with Crippen LogP contribution in [0.25, 0.3) is 0 Å². The van der Waals surface area contributed by atoms with Gasteiger partial charge in [-0.2, -0.15) is 0 Å². The summed E-state index contributed by atoms with van der Waals surface area (Å²) in [5.41, 5.74) is 0. The van der Waals surface area contributed by atoms with Crippen molar-refractivity contribution in [2.45, 2.75) is 36.2 Å². The predicted molar refractivity (Wildman–Crippen MR) is 59.6 cm³/mol. The Hall–Kier alpha value is -0.180. The van der Waals surface area contributed by atoms with Gasteiger partial charge < -0.3 is 0 Å². The molecule has 8 heteroatoms. The van der Waals surface area contributed by atoms with Crippen molar-refractivity contribution in [3.05, 3.63) is 0 Å². The molecule has 0 spiro atoms. The van der Waals surface area contributed by atoms with Gasteiger partial charge in [0, 0.05) is 13.1 Å². The van der Waals surface area contributed by atoms with E-state index in [1.165, 1.54) is 4.31 Å². The zero-order valence-corrected chi connectivity index (χ0v) is 10.5. The van der Waals surface area contributed by atoms with Crippen LogP contribution in [0.5, 0.6) is 0 Å². The fourth-order valence-corrected chi connectivity index (χ4v) is 4.88. The molecule has 0 aromatic carbocycles. The summed E-state index contributed by atoms with van der Waals surface area (Å²) in [6.07, 6.45) is 2.40. The van der Waals surface area contributed by atoms with Gasteiger partial charge in [0.25, 0.3) is 0 Å². The van der Waals surface area contributed by atoms with E-state index in [1.54, 1.807) is 0 Å². The van der Waals surface area contributed by atoms with E-state index in [1.807, 2.05) is 0 Å². The summed E-state index contributed by atoms with van der Waals surface area (Å²) in [4.78, 5) is 0. The predicted octanol–water partition coefficient (Wildman–Crippen LogP) is -0.768. The molecule has 0 amide bonds. The van der Waals surface area contributed by atoms with Crippen LogP contribution in [0, 0.1) is 0 Å². The second-order valence-electron chi connectivity index (χ2n) is 4.46. The molecule has 2 N–H and O–H groups in total. The van der Waals surface area contributed by atoms with Gasteiger partial charge in [0.15, 0.2) is 0 Å². The Morgan fingerprint density at radius 1 is 1.00 bits per heavy atom. The third-order valence-corrected chi connectivity index (χ3v) is 6.79. The molecule has 1 atom stereocenters. The van der Waals surface area contributed by atoms with Crippen LogP contribution in [0.3, 0.4) is 0 Å². The van der Waals surface area contributed by atoms with E-state index in [2.05, 4.69) is 0 Å². The van der Waals surface area contributed by atoms with Crippen LogP contribution in [-0.2, 0) is 20.0 Å². The van der Waals surface area contributed by atoms with Crippen LogP contribution in [-0.4, -0.2) is 44.7 Å². The number of nitrogens with zero attached hydrogens (tertiary/aromatic N) is 1. The van der Waals surface area contributed by atoms with Crippen LogP contribution in [0.4, 0.5) is 0 Å². The number of rotatable bonds is 3. The normalized spacial score (nSPS) is 29.2. The van der Waals surface area contributed by atoms with Gasteiger partial charge in [0.2, 0.25) is 20.0 Å². The number of nitrogens with two attached hydrogens (primary N) is 1. The maximum absolute atomic E-state index is 11.9. The van der Waals surface area contributed by atoms with Gasteiger partial charge in [0.1, 0.15) is 0 Å². The largest absolute Gasteiger partial charge is 0.228 e. The van der Waals surface area contributed by atoms with Crippen molar-refractivity contribution in [2.24, 2.45) is 5.14 Å². The highest BCUT2D eigenvalue weighted by atomic mass is 32.2. The zero-order chi connectivity index (χ0) is 12.0. The highest BCUT2D eigenvalue weighted by Crippen LogP contribution is 2.32. The Labute approximate surface area is 95.9 Å². The lowest BCUT2D eigenvalue weighted by molar-refractivity contribution is 0.345. The Balaban J connectivity index is 2.13. The smallest absolute Gasteiger partial charge is 0.217 e. The minimum Gasteiger partial charge on any atom is -0.228 e. The highest BCUT2D eigenvalue weighted by Gasteiger charge is 2.42. The summed E-state index contributed by atoms with van der Waals surface area (Å²) >= 11 is 0. The average molecular weight is 268 g/mol. The highest BCUT2D eigenvalue weighted by molar-refractivity contribution is 7.90. The van der Waals surface area contributed by atoms with E-state index in [9.17, 15) is 16.8 Å². The molecule has 2 aliphatic rings. The molecule has 1 unspecified atom stereocenters. The average Bonchev–Trinajstić information content (AvgIpc) is 3.00. The Morgan fingerprint density at radius 2 is 1.62 bits per heavy atom. The third-order valence-electron chi connectivity index (χ3n) is 3.11. The summed E-state index contributed by atoms with van der Waals surface area (Å²) in [5, 5.41) is 4.03. The molecule has 0 aromatic rings. The number of sulfonamides is 2. The van der Waals surface area contributed by atoms with Gasteiger partial charge in [-0.05, 0) is 25.7 Å². The summed E-state index contributed by atoms with van der Waals surface area (Å²) in [5.74, 6) is 0. The Kier molecular flexibility index (Phi) is 3.02. The fraction of sp³-hybridized carbons (Fsp3) is 1.00. The third kappa shape index (κ3) is 2.39. The van der Waals surface area contributed by atoms with Crippen LogP contribution < -0.4 is 5.14 Å². The second kappa shape index (κ2) is 3.94. The minimum absolute atomic E-state index is 0.0255. The van der Waals surface area contributed by atoms with Crippen molar-refractivity contribution in [2.75, 3.05) is 13.1 Å². The van der Waals surface area contributed by atoms with Gasteiger partial charge >= 0.3 is 0 Å². The first kappa shape index (κ1) is 12.3. The van der Waals surface area contributed by atoms with E-state index in [0.717, 1.165) is 0 Å². The van der Waals surface area contributed by atoms with Crippen molar-refractivity contribution in [1.29, 1.82) is 0 Å². The first-order valence-electron chi connectivity index (χ1n) is 5.32. The van der Waals surface area contributed by atoms with Crippen molar-refractivity contribution in [3.8, 4) is 0 Å². The molecule has 1 heterocycles. The first-order valence-corrected chi connectivity index (χ1v) is 8.43. The molecule has 2 rings (SSSR count). The quantitative estimate of drug-likeness (QED) is 0.727. The second-order valence-corrected chi connectivity index (χ2v) is 8.51. The molecule has 0 aromatic heterocycles. The van der Waals surface area contributed by atoms with Crippen molar-refractivity contribution < 1.29 is 16.8 Å². The number of piperidine rings is 1. The lowest BCUT2D eigenvalue weighted by Crippen LogP contribution is -2.47. The molecule has 1 aliphatic carbocycles. The van der Waals surface area contributed by atoms with Crippen LogP contribution in [0.1, 0.15) is 25.7 Å². The maximum Gasteiger partial charge on any atom is 0.217 e. The number of hydrogen-bond acceptors (Lipinski definition) is 4. The van der Waals surface area contributed by atoms with Crippen LogP contribution in [0.2, 0.25) is 0 Å². The maximum atomic E-state index is 11.9. The standard InChI is InChI=1S/C8H16N2O4S2/c9-15(11,12)8-2-1-5-10(6-8)16(13,14)7-3-4-7/h7-8H,1-6H2,(H2,9,11,12). The summed E-state index contributed by atoms with van der Waals surface area (Å²) in [6.45, 7) is 0.447. The molecule has 1 aliphatic heterocycles. The molecular weight excluding hydrogens is 252 g/mol. The lowest BCUT2D eigenvalue weighted by atomic mass is 10.2. The number of primary sulfonamides is 1. The molecule has 6 nitrogen and oxygen atoms in total. The first-order chi connectivity index (χ1) is 7.32. The van der Waals surface area contributed by atoms with Crippen molar-refractivity contribution >= 4 is 20.0 Å². The van der Waals surface area contributed by atoms with E-state index in [-0.39, 0.29) is 11.8 Å².